The van der Waals surface area contributed by atoms with Gasteiger partial charge in [0.15, 0.2) is 17.3 Å². The summed E-state index contributed by atoms with van der Waals surface area (Å²) in [5.41, 5.74) is 0.776. The maximum absolute atomic E-state index is 4.56. The van der Waals surface area contributed by atoms with Gasteiger partial charge in [-0.1, -0.05) is 6.92 Å². The monoisotopic (exact) mass is 271 g/mol. The zero-order valence-corrected chi connectivity index (χ0v) is 11.5. The van der Waals surface area contributed by atoms with Gasteiger partial charge in [-0.05, 0) is 6.42 Å². The molecule has 20 heavy (non-hydrogen) atoms. The summed E-state index contributed by atoms with van der Waals surface area (Å²) in [4.78, 5) is 8.88. The van der Waals surface area contributed by atoms with Gasteiger partial charge in [0.2, 0.25) is 0 Å². The van der Waals surface area contributed by atoms with Gasteiger partial charge in [0.05, 0.1) is 6.20 Å². The zero-order valence-electron chi connectivity index (χ0n) is 11.5. The average Bonchev–Trinajstić information content (AvgIpc) is 3.05. The van der Waals surface area contributed by atoms with E-state index in [1.165, 1.54) is 0 Å². The van der Waals surface area contributed by atoms with Crippen LogP contribution in [0.3, 0.4) is 0 Å². The van der Waals surface area contributed by atoms with Gasteiger partial charge in [0.1, 0.15) is 5.82 Å². The molecule has 104 valence electrons. The SMILES string of the molecule is CCCNc1cn2ccnc2c(Nc2ccn(C)n2)n1. The van der Waals surface area contributed by atoms with E-state index in [0.717, 1.165) is 30.2 Å². The van der Waals surface area contributed by atoms with Crippen molar-refractivity contribution in [2.24, 2.45) is 7.05 Å². The third kappa shape index (κ3) is 2.42. The molecule has 0 saturated carbocycles. The van der Waals surface area contributed by atoms with Gasteiger partial charge in [-0.15, -0.1) is 0 Å². The number of hydrogen-bond donors (Lipinski definition) is 2. The molecule has 0 radical (unpaired) electrons. The number of fused-ring (bicyclic) bond motifs is 1. The minimum absolute atomic E-state index is 0.690. The highest BCUT2D eigenvalue weighted by atomic mass is 15.3. The Morgan fingerprint density at radius 3 is 2.90 bits per heavy atom. The Morgan fingerprint density at radius 1 is 1.25 bits per heavy atom. The Bertz CT molecular complexity index is 712. The van der Waals surface area contributed by atoms with E-state index in [2.05, 4.69) is 32.6 Å². The van der Waals surface area contributed by atoms with Crippen molar-refractivity contribution in [3.05, 3.63) is 30.9 Å². The van der Waals surface area contributed by atoms with Gasteiger partial charge in [-0.3, -0.25) is 4.68 Å². The average molecular weight is 271 g/mol. The molecule has 2 N–H and O–H groups in total. The van der Waals surface area contributed by atoms with E-state index in [4.69, 9.17) is 0 Å². The number of nitrogens with one attached hydrogen (secondary N) is 2. The molecule has 0 fully saturated rings. The second-order valence-electron chi connectivity index (χ2n) is 4.56. The normalized spacial score (nSPS) is 10.9. The highest BCUT2D eigenvalue weighted by Crippen LogP contribution is 2.19. The third-order valence-electron chi connectivity index (χ3n) is 2.89. The Hall–Kier alpha value is -2.57. The predicted molar refractivity (Wildman–Crippen MR) is 78.3 cm³/mol. The van der Waals surface area contributed by atoms with Crippen LogP contribution in [0.1, 0.15) is 13.3 Å². The van der Waals surface area contributed by atoms with Gasteiger partial charge in [-0.2, -0.15) is 5.10 Å². The third-order valence-corrected chi connectivity index (χ3v) is 2.89. The number of rotatable bonds is 5. The van der Waals surface area contributed by atoms with Crippen molar-refractivity contribution < 1.29 is 0 Å². The van der Waals surface area contributed by atoms with Crippen LogP contribution in [0.25, 0.3) is 5.65 Å². The van der Waals surface area contributed by atoms with Crippen molar-refractivity contribution >= 4 is 23.1 Å². The van der Waals surface area contributed by atoms with Gasteiger partial charge < -0.3 is 15.0 Å². The molecular formula is C13H17N7. The molecule has 0 spiro atoms. The second-order valence-corrected chi connectivity index (χ2v) is 4.56. The first-order valence-electron chi connectivity index (χ1n) is 6.60. The van der Waals surface area contributed by atoms with Crippen LogP contribution < -0.4 is 10.6 Å². The van der Waals surface area contributed by atoms with Crippen molar-refractivity contribution in [1.29, 1.82) is 0 Å². The molecule has 0 aliphatic rings. The fraction of sp³-hybridized carbons (Fsp3) is 0.308. The van der Waals surface area contributed by atoms with Crippen molar-refractivity contribution in [2.75, 3.05) is 17.2 Å². The number of aromatic nitrogens is 5. The molecule has 0 aromatic carbocycles. The van der Waals surface area contributed by atoms with E-state index in [0.29, 0.717) is 5.82 Å². The molecule has 3 aromatic heterocycles. The number of nitrogens with zero attached hydrogens (tertiary/aromatic N) is 5. The lowest BCUT2D eigenvalue weighted by Gasteiger charge is -2.09. The first-order valence-corrected chi connectivity index (χ1v) is 6.60. The molecule has 0 atom stereocenters. The summed E-state index contributed by atoms with van der Waals surface area (Å²) >= 11 is 0. The summed E-state index contributed by atoms with van der Waals surface area (Å²) in [6, 6.07) is 1.90. The van der Waals surface area contributed by atoms with Gasteiger partial charge >= 0.3 is 0 Å². The number of aryl methyl sites for hydroxylation is 1. The van der Waals surface area contributed by atoms with Crippen LogP contribution >= 0.6 is 0 Å². The molecule has 0 aliphatic heterocycles. The molecule has 3 aromatic rings. The standard InChI is InChI=1S/C13H17N7/c1-3-5-14-11-9-20-8-6-15-13(20)12(17-11)16-10-4-7-19(2)18-10/h4,6-9,14H,3,5H2,1-2H3,(H,16,17,18). The van der Waals surface area contributed by atoms with Crippen molar-refractivity contribution in [1.82, 2.24) is 24.1 Å². The molecule has 0 unspecified atom stereocenters. The van der Waals surface area contributed by atoms with E-state index in [1.807, 2.05) is 36.1 Å². The Balaban J connectivity index is 1.96. The quantitative estimate of drug-likeness (QED) is 0.743. The summed E-state index contributed by atoms with van der Waals surface area (Å²) in [7, 11) is 1.88. The second kappa shape index (κ2) is 5.20. The smallest absolute Gasteiger partial charge is 0.180 e. The lowest BCUT2D eigenvalue weighted by Crippen LogP contribution is -2.06. The van der Waals surface area contributed by atoms with E-state index < -0.39 is 0 Å². The summed E-state index contributed by atoms with van der Waals surface area (Å²) in [6.45, 7) is 3.01. The molecular weight excluding hydrogens is 254 g/mol. The molecule has 0 aliphatic carbocycles. The van der Waals surface area contributed by atoms with Crippen LogP contribution in [0.5, 0.6) is 0 Å². The van der Waals surface area contributed by atoms with Crippen LogP contribution in [0.2, 0.25) is 0 Å². The first kappa shape index (κ1) is 12.5. The lowest BCUT2D eigenvalue weighted by molar-refractivity contribution is 0.771. The van der Waals surface area contributed by atoms with Crippen LogP contribution in [0.15, 0.2) is 30.9 Å². The summed E-state index contributed by atoms with van der Waals surface area (Å²) in [6.07, 6.45) is 8.51. The highest BCUT2D eigenvalue weighted by molar-refractivity contribution is 5.70. The molecule has 3 heterocycles. The van der Waals surface area contributed by atoms with E-state index in [1.54, 1.807) is 10.9 Å². The predicted octanol–water partition coefficient (Wildman–Crippen LogP) is 2.03. The number of imidazole rings is 1. The number of hydrogen-bond acceptors (Lipinski definition) is 5. The highest BCUT2D eigenvalue weighted by Gasteiger charge is 2.08. The maximum Gasteiger partial charge on any atom is 0.180 e. The van der Waals surface area contributed by atoms with E-state index >= 15 is 0 Å². The molecule has 0 amide bonds. The molecule has 7 nitrogen and oxygen atoms in total. The van der Waals surface area contributed by atoms with E-state index in [-0.39, 0.29) is 0 Å². The van der Waals surface area contributed by atoms with Crippen LogP contribution in [0, 0.1) is 0 Å². The van der Waals surface area contributed by atoms with Crippen molar-refractivity contribution in [3.63, 3.8) is 0 Å². The maximum atomic E-state index is 4.56. The van der Waals surface area contributed by atoms with Gasteiger partial charge in [0, 0.05) is 38.2 Å². The molecule has 0 saturated heterocycles. The van der Waals surface area contributed by atoms with Crippen molar-refractivity contribution in [2.45, 2.75) is 13.3 Å². The minimum atomic E-state index is 0.690. The Kier molecular flexibility index (Phi) is 3.24. The molecule has 0 bridgehead atoms. The number of anilines is 3. The van der Waals surface area contributed by atoms with Crippen LogP contribution in [-0.2, 0) is 7.05 Å². The van der Waals surface area contributed by atoms with Gasteiger partial charge in [-0.25, -0.2) is 9.97 Å². The fourth-order valence-electron chi connectivity index (χ4n) is 1.96. The minimum Gasteiger partial charge on any atom is -0.369 e. The zero-order chi connectivity index (χ0) is 13.9. The summed E-state index contributed by atoms with van der Waals surface area (Å²) in [5.74, 6) is 2.25. The molecule has 3 rings (SSSR count). The Morgan fingerprint density at radius 2 is 2.15 bits per heavy atom. The van der Waals surface area contributed by atoms with Crippen LogP contribution in [0.4, 0.5) is 17.5 Å². The van der Waals surface area contributed by atoms with Gasteiger partial charge in [0.25, 0.3) is 0 Å². The first-order chi connectivity index (χ1) is 9.76. The lowest BCUT2D eigenvalue weighted by atomic mass is 10.4. The Labute approximate surface area is 116 Å². The molecule has 7 heteroatoms. The summed E-state index contributed by atoms with van der Waals surface area (Å²) < 4.78 is 3.68. The van der Waals surface area contributed by atoms with Crippen molar-refractivity contribution in [3.8, 4) is 0 Å². The fourth-order valence-corrected chi connectivity index (χ4v) is 1.96. The van der Waals surface area contributed by atoms with E-state index in [9.17, 15) is 0 Å². The summed E-state index contributed by atoms with van der Waals surface area (Å²) in [5, 5.41) is 10.8. The topological polar surface area (TPSA) is 72.1 Å². The van der Waals surface area contributed by atoms with Crippen LogP contribution in [-0.4, -0.2) is 30.7 Å². The largest absolute Gasteiger partial charge is 0.369 e.